The lowest BCUT2D eigenvalue weighted by molar-refractivity contribution is -0.118. The zero-order valence-corrected chi connectivity index (χ0v) is 13.7. The first-order valence-corrected chi connectivity index (χ1v) is 7.44. The predicted molar refractivity (Wildman–Crippen MR) is 89.5 cm³/mol. The second-order valence-corrected chi connectivity index (χ2v) is 5.85. The number of hydrogen-bond donors (Lipinski definition) is 1. The molecule has 0 aliphatic rings. The fraction of sp³-hybridized carbons (Fsp3) is 0.133. The monoisotopic (exact) mass is 401 g/mol. The van der Waals surface area contributed by atoms with Crippen molar-refractivity contribution in [2.24, 2.45) is 0 Å². The van der Waals surface area contributed by atoms with Crippen LogP contribution in [-0.4, -0.2) is 12.5 Å². The first kappa shape index (κ1) is 15.1. The summed E-state index contributed by atoms with van der Waals surface area (Å²) in [4.78, 5) is 11.8. The fourth-order valence-corrected chi connectivity index (χ4v) is 2.19. The maximum atomic E-state index is 11.8. The molecular formula is C15H13ClINO2. The number of carbonyl (C=O) groups is 1. The summed E-state index contributed by atoms with van der Waals surface area (Å²) in [6.45, 7) is 1.99. The average Bonchev–Trinajstić information content (AvgIpc) is 2.42. The molecule has 0 saturated heterocycles. The van der Waals surface area contributed by atoms with Gasteiger partial charge in [0, 0.05) is 14.3 Å². The molecule has 0 saturated carbocycles. The molecule has 0 heterocycles. The Morgan fingerprint density at radius 2 is 1.95 bits per heavy atom. The summed E-state index contributed by atoms with van der Waals surface area (Å²) in [7, 11) is 0. The maximum Gasteiger partial charge on any atom is 0.262 e. The fourth-order valence-electron chi connectivity index (χ4n) is 1.55. The third-order valence-electron chi connectivity index (χ3n) is 2.64. The molecule has 0 spiro atoms. The van der Waals surface area contributed by atoms with E-state index in [1.807, 2.05) is 25.1 Å². The van der Waals surface area contributed by atoms with Crippen LogP contribution in [-0.2, 0) is 4.79 Å². The number of benzene rings is 2. The van der Waals surface area contributed by atoms with E-state index in [1.54, 1.807) is 24.3 Å². The summed E-state index contributed by atoms with van der Waals surface area (Å²) in [5, 5.41) is 3.43. The van der Waals surface area contributed by atoms with Gasteiger partial charge in [0.2, 0.25) is 0 Å². The number of aryl methyl sites for hydroxylation is 1. The molecule has 2 aromatic carbocycles. The van der Waals surface area contributed by atoms with Gasteiger partial charge in [-0.25, -0.2) is 0 Å². The smallest absolute Gasteiger partial charge is 0.262 e. The summed E-state index contributed by atoms with van der Waals surface area (Å²) < 4.78 is 6.49. The summed E-state index contributed by atoms with van der Waals surface area (Å²) >= 11 is 8.01. The van der Waals surface area contributed by atoms with Crippen molar-refractivity contribution in [3.8, 4) is 5.75 Å². The van der Waals surface area contributed by atoms with E-state index in [0.29, 0.717) is 10.8 Å². The van der Waals surface area contributed by atoms with Crippen LogP contribution >= 0.6 is 34.2 Å². The van der Waals surface area contributed by atoms with E-state index in [0.717, 1.165) is 9.26 Å². The number of anilines is 1. The molecular weight excluding hydrogens is 389 g/mol. The van der Waals surface area contributed by atoms with E-state index < -0.39 is 0 Å². The van der Waals surface area contributed by atoms with E-state index in [1.165, 1.54) is 5.56 Å². The number of amides is 1. The number of halogens is 2. The Balaban J connectivity index is 1.89. The molecule has 2 rings (SSSR count). The van der Waals surface area contributed by atoms with Gasteiger partial charge < -0.3 is 10.1 Å². The summed E-state index contributed by atoms with van der Waals surface area (Å²) in [6.07, 6.45) is 0. The van der Waals surface area contributed by atoms with Crippen LogP contribution in [0.4, 0.5) is 5.69 Å². The Labute approximate surface area is 136 Å². The van der Waals surface area contributed by atoms with Crippen LogP contribution in [0.2, 0.25) is 5.02 Å². The lowest BCUT2D eigenvalue weighted by Gasteiger charge is -2.08. The quantitative estimate of drug-likeness (QED) is 0.777. The molecule has 104 valence electrons. The minimum Gasteiger partial charge on any atom is -0.484 e. The van der Waals surface area contributed by atoms with Gasteiger partial charge in [0.1, 0.15) is 5.75 Å². The number of rotatable bonds is 4. The predicted octanol–water partition coefficient (Wildman–Crippen LogP) is 4.27. The Bertz CT molecular complexity index is 614. The summed E-state index contributed by atoms with van der Waals surface area (Å²) in [5.41, 5.74) is 1.95. The van der Waals surface area contributed by atoms with Crippen LogP contribution in [0.5, 0.6) is 5.75 Å². The Morgan fingerprint density at radius 1 is 1.25 bits per heavy atom. The van der Waals surface area contributed by atoms with Crippen LogP contribution in [0.3, 0.4) is 0 Å². The molecule has 0 bridgehead atoms. The Morgan fingerprint density at radius 3 is 2.60 bits per heavy atom. The van der Waals surface area contributed by atoms with Crippen molar-refractivity contribution in [3.05, 3.63) is 56.6 Å². The molecule has 0 fully saturated rings. The van der Waals surface area contributed by atoms with Crippen LogP contribution in [0, 0.1) is 10.5 Å². The molecule has 5 heteroatoms. The third-order valence-corrected chi connectivity index (χ3v) is 4.05. The highest BCUT2D eigenvalue weighted by Crippen LogP contribution is 2.18. The van der Waals surface area contributed by atoms with Crippen LogP contribution < -0.4 is 10.1 Å². The molecule has 0 radical (unpaired) electrons. The van der Waals surface area contributed by atoms with E-state index in [4.69, 9.17) is 16.3 Å². The second kappa shape index (κ2) is 6.95. The first-order chi connectivity index (χ1) is 9.54. The molecule has 1 amide bonds. The molecule has 3 nitrogen and oxygen atoms in total. The number of carbonyl (C=O) groups excluding carboxylic acids is 1. The standard InChI is InChI=1S/C15H13ClINO2/c1-10-2-5-12(8-14(10)17)18-15(19)9-20-13-6-3-11(16)4-7-13/h2-8H,9H2,1H3,(H,18,19). The van der Waals surface area contributed by atoms with E-state index >= 15 is 0 Å². The third kappa shape index (κ3) is 4.38. The molecule has 0 aliphatic carbocycles. The zero-order chi connectivity index (χ0) is 14.5. The molecule has 20 heavy (non-hydrogen) atoms. The van der Waals surface area contributed by atoms with Gasteiger partial charge in [-0.1, -0.05) is 17.7 Å². The van der Waals surface area contributed by atoms with Gasteiger partial charge in [-0.15, -0.1) is 0 Å². The molecule has 1 N–H and O–H groups in total. The van der Waals surface area contributed by atoms with Gasteiger partial charge in [0.25, 0.3) is 5.91 Å². The van der Waals surface area contributed by atoms with Crippen molar-refractivity contribution in [2.45, 2.75) is 6.92 Å². The number of nitrogens with one attached hydrogen (secondary N) is 1. The SMILES string of the molecule is Cc1ccc(NC(=O)COc2ccc(Cl)cc2)cc1I. The zero-order valence-electron chi connectivity index (χ0n) is 10.8. The Hall–Kier alpha value is -1.27. The lowest BCUT2D eigenvalue weighted by atomic mass is 10.2. The van der Waals surface area contributed by atoms with Crippen molar-refractivity contribution in [1.82, 2.24) is 0 Å². The first-order valence-electron chi connectivity index (χ1n) is 5.99. The van der Waals surface area contributed by atoms with Crippen molar-refractivity contribution in [3.63, 3.8) is 0 Å². The molecule has 2 aromatic rings. The van der Waals surface area contributed by atoms with Crippen LogP contribution in [0.1, 0.15) is 5.56 Å². The average molecular weight is 402 g/mol. The highest BCUT2D eigenvalue weighted by atomic mass is 127. The highest BCUT2D eigenvalue weighted by molar-refractivity contribution is 14.1. The van der Waals surface area contributed by atoms with E-state index in [9.17, 15) is 4.79 Å². The van der Waals surface area contributed by atoms with E-state index in [-0.39, 0.29) is 12.5 Å². The van der Waals surface area contributed by atoms with Crippen LogP contribution in [0.15, 0.2) is 42.5 Å². The maximum absolute atomic E-state index is 11.8. The van der Waals surface area contributed by atoms with Crippen molar-refractivity contribution < 1.29 is 9.53 Å². The second-order valence-electron chi connectivity index (χ2n) is 4.25. The van der Waals surface area contributed by atoms with Gasteiger partial charge in [-0.3, -0.25) is 4.79 Å². The van der Waals surface area contributed by atoms with Gasteiger partial charge in [-0.05, 0) is 71.5 Å². The normalized spacial score (nSPS) is 10.2. The molecule has 0 aliphatic heterocycles. The van der Waals surface area contributed by atoms with Gasteiger partial charge in [0.15, 0.2) is 6.61 Å². The van der Waals surface area contributed by atoms with Gasteiger partial charge in [0.05, 0.1) is 0 Å². The largest absolute Gasteiger partial charge is 0.484 e. The number of ether oxygens (including phenoxy) is 1. The minimum absolute atomic E-state index is 0.0356. The number of hydrogen-bond acceptors (Lipinski definition) is 2. The highest BCUT2D eigenvalue weighted by Gasteiger charge is 2.05. The molecule has 0 aromatic heterocycles. The lowest BCUT2D eigenvalue weighted by Crippen LogP contribution is -2.20. The summed E-state index contributed by atoms with van der Waals surface area (Å²) in [6, 6.07) is 12.7. The van der Waals surface area contributed by atoms with Gasteiger partial charge in [-0.2, -0.15) is 0 Å². The van der Waals surface area contributed by atoms with Crippen molar-refractivity contribution >= 4 is 45.8 Å². The van der Waals surface area contributed by atoms with Crippen molar-refractivity contribution in [2.75, 3.05) is 11.9 Å². The minimum atomic E-state index is -0.195. The van der Waals surface area contributed by atoms with Crippen LogP contribution in [0.25, 0.3) is 0 Å². The van der Waals surface area contributed by atoms with E-state index in [2.05, 4.69) is 27.9 Å². The van der Waals surface area contributed by atoms with Crippen molar-refractivity contribution in [1.29, 1.82) is 0 Å². The molecule has 0 atom stereocenters. The summed E-state index contributed by atoms with van der Waals surface area (Å²) in [5.74, 6) is 0.419. The topological polar surface area (TPSA) is 38.3 Å². The Kier molecular flexibility index (Phi) is 5.25. The van der Waals surface area contributed by atoms with Gasteiger partial charge >= 0.3 is 0 Å². The molecule has 0 unspecified atom stereocenters.